The lowest BCUT2D eigenvalue weighted by atomic mass is 10.1. The van der Waals surface area contributed by atoms with Crippen LogP contribution in [0.3, 0.4) is 0 Å². The third-order valence-electron chi connectivity index (χ3n) is 3.00. The summed E-state index contributed by atoms with van der Waals surface area (Å²) in [4.78, 5) is 16.1. The molecule has 0 spiro atoms. The Hall–Kier alpha value is -0.940. The summed E-state index contributed by atoms with van der Waals surface area (Å²) in [5, 5.41) is 0. The minimum Gasteiger partial charge on any atom is -0.465 e. The van der Waals surface area contributed by atoms with E-state index in [2.05, 4.69) is 17.6 Å². The van der Waals surface area contributed by atoms with Crippen molar-refractivity contribution in [1.82, 2.24) is 5.48 Å². The molecule has 0 fully saturated rings. The van der Waals surface area contributed by atoms with E-state index in [4.69, 9.17) is 9.57 Å². The van der Waals surface area contributed by atoms with E-state index in [9.17, 15) is 4.79 Å². The summed E-state index contributed by atoms with van der Waals surface area (Å²) in [6.45, 7) is 2.31. The first-order valence-corrected chi connectivity index (χ1v) is 8.35. The predicted octanol–water partition coefficient (Wildman–Crippen LogP) is 3.21. The average Bonchev–Trinajstić information content (AvgIpc) is 2.86. The molecule has 20 heavy (non-hydrogen) atoms. The maximum Gasteiger partial charge on any atom is 0.315 e. The van der Waals surface area contributed by atoms with Crippen molar-refractivity contribution in [2.75, 3.05) is 25.2 Å². The highest BCUT2D eigenvalue weighted by molar-refractivity contribution is 7.99. The van der Waals surface area contributed by atoms with Gasteiger partial charge in [-0.2, -0.15) is 11.8 Å². The molecule has 5 heteroatoms. The first kappa shape index (κ1) is 17.1. The Morgan fingerprint density at radius 1 is 1.35 bits per heavy atom. The van der Waals surface area contributed by atoms with Crippen LogP contribution in [-0.2, 0) is 14.4 Å². The molecule has 0 aromatic carbocycles. The number of esters is 1. The summed E-state index contributed by atoms with van der Waals surface area (Å²) in [5.74, 6) is 1.40. The fraction of sp³-hybridized carbons (Fsp3) is 0.667. The molecule has 0 aliphatic heterocycles. The van der Waals surface area contributed by atoms with E-state index < -0.39 is 0 Å². The largest absolute Gasteiger partial charge is 0.465 e. The highest BCUT2D eigenvalue weighted by Gasteiger charge is 2.09. The molecule has 1 aliphatic carbocycles. The molecule has 0 saturated carbocycles. The van der Waals surface area contributed by atoms with Crippen molar-refractivity contribution in [2.45, 2.75) is 39.0 Å². The van der Waals surface area contributed by atoms with E-state index in [0.717, 1.165) is 30.7 Å². The van der Waals surface area contributed by atoms with E-state index in [1.807, 2.05) is 6.92 Å². The number of rotatable bonds is 11. The molecule has 0 atom stereocenters. The minimum absolute atomic E-state index is 0.103. The number of thioether (sulfide) groups is 1. The van der Waals surface area contributed by atoms with E-state index in [-0.39, 0.29) is 5.97 Å². The van der Waals surface area contributed by atoms with Crippen LogP contribution in [-0.4, -0.2) is 31.2 Å². The van der Waals surface area contributed by atoms with Gasteiger partial charge < -0.3 is 4.74 Å². The standard InChI is InChI=1S/C15H25NO3S/c1-3-19-15(17)12-20-11-6-4-5-8-13-9-7-10-14(13)16-18-2/h9-10,16H,3-8,11-12H2,1-2H3. The smallest absolute Gasteiger partial charge is 0.315 e. The maximum absolute atomic E-state index is 11.1. The lowest BCUT2D eigenvalue weighted by Gasteiger charge is -2.09. The van der Waals surface area contributed by atoms with Gasteiger partial charge in [-0.3, -0.25) is 15.1 Å². The third-order valence-corrected chi connectivity index (χ3v) is 4.02. The number of hydrogen-bond donors (Lipinski definition) is 1. The van der Waals surface area contributed by atoms with Gasteiger partial charge in [0.05, 0.1) is 25.2 Å². The van der Waals surface area contributed by atoms with Crippen molar-refractivity contribution in [3.05, 3.63) is 23.4 Å². The van der Waals surface area contributed by atoms with Crippen LogP contribution in [0.25, 0.3) is 0 Å². The van der Waals surface area contributed by atoms with Crippen LogP contribution < -0.4 is 5.48 Å². The Kier molecular flexibility index (Phi) is 9.24. The van der Waals surface area contributed by atoms with E-state index in [1.165, 1.54) is 18.4 Å². The molecule has 0 saturated heterocycles. The lowest BCUT2D eigenvalue weighted by molar-refractivity contribution is -0.139. The number of carbonyl (C=O) groups is 1. The van der Waals surface area contributed by atoms with Crippen LogP contribution in [0.1, 0.15) is 39.0 Å². The molecule has 0 aromatic rings. The van der Waals surface area contributed by atoms with Gasteiger partial charge in [0.1, 0.15) is 0 Å². The van der Waals surface area contributed by atoms with Crippen LogP contribution in [0.15, 0.2) is 23.4 Å². The first-order valence-electron chi connectivity index (χ1n) is 7.19. The second kappa shape index (κ2) is 10.8. The molecule has 1 rings (SSSR count). The Morgan fingerprint density at radius 2 is 2.20 bits per heavy atom. The lowest BCUT2D eigenvalue weighted by Crippen LogP contribution is -2.11. The molecule has 4 nitrogen and oxygen atoms in total. The first-order chi connectivity index (χ1) is 9.77. The number of allylic oxidation sites excluding steroid dienone is 3. The zero-order valence-electron chi connectivity index (χ0n) is 12.4. The summed E-state index contributed by atoms with van der Waals surface area (Å²) in [5.41, 5.74) is 5.39. The molecule has 0 radical (unpaired) electrons. The molecule has 0 amide bonds. The predicted molar refractivity (Wildman–Crippen MR) is 83.4 cm³/mol. The third kappa shape index (κ3) is 7.01. The highest BCUT2D eigenvalue weighted by Crippen LogP contribution is 2.22. The van der Waals surface area contributed by atoms with Crippen LogP contribution in [0.5, 0.6) is 0 Å². The fourth-order valence-corrected chi connectivity index (χ4v) is 2.87. The fourth-order valence-electron chi connectivity index (χ4n) is 2.07. The van der Waals surface area contributed by atoms with Crippen molar-refractivity contribution in [1.29, 1.82) is 0 Å². The van der Waals surface area contributed by atoms with E-state index >= 15 is 0 Å². The van der Waals surface area contributed by atoms with Gasteiger partial charge in [-0.15, -0.1) is 0 Å². The van der Waals surface area contributed by atoms with E-state index in [1.54, 1.807) is 18.9 Å². The molecular formula is C15H25NO3S. The van der Waals surface area contributed by atoms with Crippen molar-refractivity contribution >= 4 is 17.7 Å². The number of hydroxylamine groups is 1. The second-order valence-electron chi connectivity index (χ2n) is 4.56. The number of unbranched alkanes of at least 4 members (excludes halogenated alkanes) is 2. The molecule has 1 aliphatic rings. The summed E-state index contributed by atoms with van der Waals surface area (Å²) in [6, 6.07) is 0. The van der Waals surface area contributed by atoms with Crippen LogP contribution in [0.4, 0.5) is 0 Å². The van der Waals surface area contributed by atoms with Crippen molar-refractivity contribution in [3.8, 4) is 0 Å². The quantitative estimate of drug-likeness (QED) is 0.361. The van der Waals surface area contributed by atoms with Crippen molar-refractivity contribution in [2.24, 2.45) is 0 Å². The highest BCUT2D eigenvalue weighted by atomic mass is 32.2. The van der Waals surface area contributed by atoms with Gasteiger partial charge in [-0.05, 0) is 43.9 Å². The number of hydrogen-bond acceptors (Lipinski definition) is 5. The molecule has 1 N–H and O–H groups in total. The summed E-state index contributed by atoms with van der Waals surface area (Å²) in [6.07, 6.45) is 9.99. The average molecular weight is 299 g/mol. The van der Waals surface area contributed by atoms with Crippen LogP contribution >= 0.6 is 11.8 Å². The monoisotopic (exact) mass is 299 g/mol. The number of ether oxygens (including phenoxy) is 1. The normalized spacial score (nSPS) is 13.9. The number of nitrogens with one attached hydrogen (secondary N) is 1. The van der Waals surface area contributed by atoms with Crippen molar-refractivity contribution in [3.63, 3.8) is 0 Å². The van der Waals surface area contributed by atoms with Crippen LogP contribution in [0, 0.1) is 0 Å². The zero-order chi connectivity index (χ0) is 14.6. The summed E-state index contributed by atoms with van der Waals surface area (Å²) in [7, 11) is 1.64. The van der Waals surface area contributed by atoms with Gasteiger partial charge >= 0.3 is 5.97 Å². The van der Waals surface area contributed by atoms with E-state index in [0.29, 0.717) is 12.4 Å². The zero-order valence-corrected chi connectivity index (χ0v) is 13.3. The SMILES string of the molecule is CCOC(=O)CSCCCCCC1=CCC=C1NOC. The minimum atomic E-state index is -0.103. The molecule has 0 aromatic heterocycles. The molecule has 0 unspecified atom stereocenters. The Balaban J connectivity index is 1.97. The number of carbonyl (C=O) groups excluding carboxylic acids is 1. The van der Waals surface area contributed by atoms with Crippen molar-refractivity contribution < 1.29 is 14.4 Å². The maximum atomic E-state index is 11.1. The molecule has 114 valence electrons. The topological polar surface area (TPSA) is 47.6 Å². The Morgan fingerprint density at radius 3 is 2.95 bits per heavy atom. The molecular weight excluding hydrogens is 274 g/mol. The van der Waals surface area contributed by atoms with Gasteiger partial charge in [0.15, 0.2) is 0 Å². The molecule has 0 heterocycles. The van der Waals surface area contributed by atoms with Gasteiger partial charge in [0.2, 0.25) is 0 Å². The summed E-state index contributed by atoms with van der Waals surface area (Å²) < 4.78 is 4.88. The Bertz CT molecular complexity index is 353. The summed E-state index contributed by atoms with van der Waals surface area (Å²) >= 11 is 1.66. The van der Waals surface area contributed by atoms with Gasteiger partial charge in [-0.25, -0.2) is 0 Å². The van der Waals surface area contributed by atoms with Gasteiger partial charge in [0.25, 0.3) is 0 Å². The van der Waals surface area contributed by atoms with Crippen LogP contribution in [0.2, 0.25) is 0 Å². The molecule has 0 bridgehead atoms. The van der Waals surface area contributed by atoms with Gasteiger partial charge in [0, 0.05) is 0 Å². The van der Waals surface area contributed by atoms with Gasteiger partial charge in [-0.1, -0.05) is 18.6 Å². The Labute approximate surface area is 125 Å². The second-order valence-corrected chi connectivity index (χ2v) is 5.66.